The van der Waals surface area contributed by atoms with Gasteiger partial charge in [0.05, 0.1) is 0 Å². The molecule has 14 heavy (non-hydrogen) atoms. The molecule has 1 unspecified atom stereocenters. The fourth-order valence-electron chi connectivity index (χ4n) is 1.82. The maximum atomic E-state index is 11.3. The Balaban J connectivity index is 2.21. The third-order valence-electron chi connectivity index (χ3n) is 2.66. The molecular formula is C12H11ClO. The minimum Gasteiger partial charge on any atom is -0.295 e. The van der Waals surface area contributed by atoms with E-state index in [1.54, 1.807) is 0 Å². The van der Waals surface area contributed by atoms with Crippen molar-refractivity contribution in [3.63, 3.8) is 0 Å². The van der Waals surface area contributed by atoms with Crippen LogP contribution in [0.4, 0.5) is 0 Å². The van der Waals surface area contributed by atoms with Crippen LogP contribution < -0.4 is 0 Å². The Bertz CT molecular complexity index is 362. The SMILES string of the molecule is C=C1CC(c2ccc(Cl)cc2)CC1=O. The van der Waals surface area contributed by atoms with Crippen molar-refractivity contribution in [1.82, 2.24) is 0 Å². The van der Waals surface area contributed by atoms with Gasteiger partial charge >= 0.3 is 0 Å². The molecule has 0 heterocycles. The Kier molecular flexibility index (Phi) is 2.42. The second kappa shape index (κ2) is 3.58. The van der Waals surface area contributed by atoms with Gasteiger partial charge < -0.3 is 0 Å². The molecule has 0 radical (unpaired) electrons. The first-order valence-corrected chi connectivity index (χ1v) is 5.01. The van der Waals surface area contributed by atoms with Crippen molar-refractivity contribution in [2.24, 2.45) is 0 Å². The molecule has 1 atom stereocenters. The number of benzene rings is 1. The Morgan fingerprint density at radius 3 is 2.36 bits per heavy atom. The van der Waals surface area contributed by atoms with Gasteiger partial charge in [-0.1, -0.05) is 30.3 Å². The molecule has 1 fully saturated rings. The van der Waals surface area contributed by atoms with Gasteiger partial charge in [-0.2, -0.15) is 0 Å². The van der Waals surface area contributed by atoms with E-state index in [1.807, 2.05) is 24.3 Å². The Labute approximate surface area is 88.4 Å². The van der Waals surface area contributed by atoms with Crippen molar-refractivity contribution in [2.75, 3.05) is 0 Å². The summed E-state index contributed by atoms with van der Waals surface area (Å²) in [4.78, 5) is 11.3. The van der Waals surface area contributed by atoms with Gasteiger partial charge in [-0.25, -0.2) is 0 Å². The minimum atomic E-state index is 0.199. The van der Waals surface area contributed by atoms with Crippen LogP contribution >= 0.6 is 11.6 Å². The highest BCUT2D eigenvalue weighted by Gasteiger charge is 2.26. The molecule has 1 aromatic rings. The Morgan fingerprint density at radius 1 is 1.21 bits per heavy atom. The first-order chi connectivity index (χ1) is 6.66. The van der Waals surface area contributed by atoms with Gasteiger partial charge in [-0.15, -0.1) is 0 Å². The molecule has 2 heteroatoms. The summed E-state index contributed by atoms with van der Waals surface area (Å²) >= 11 is 5.79. The van der Waals surface area contributed by atoms with Gasteiger partial charge in [-0.3, -0.25) is 4.79 Å². The van der Waals surface area contributed by atoms with Crippen LogP contribution in [0.25, 0.3) is 0 Å². The second-order valence-corrected chi connectivity index (χ2v) is 4.12. The quantitative estimate of drug-likeness (QED) is 0.644. The molecule has 0 N–H and O–H groups in total. The molecule has 1 aliphatic rings. The Hall–Kier alpha value is -1.08. The number of carbonyl (C=O) groups excluding carboxylic acids is 1. The summed E-state index contributed by atoms with van der Waals surface area (Å²) in [6.45, 7) is 3.75. The highest BCUT2D eigenvalue weighted by atomic mass is 35.5. The van der Waals surface area contributed by atoms with E-state index in [0.717, 1.165) is 17.0 Å². The van der Waals surface area contributed by atoms with E-state index >= 15 is 0 Å². The predicted octanol–water partition coefficient (Wildman–Crippen LogP) is 3.34. The summed E-state index contributed by atoms with van der Waals surface area (Å²) in [7, 11) is 0. The van der Waals surface area contributed by atoms with E-state index in [-0.39, 0.29) is 5.78 Å². The second-order valence-electron chi connectivity index (χ2n) is 3.68. The maximum absolute atomic E-state index is 11.3. The number of carbonyl (C=O) groups is 1. The van der Waals surface area contributed by atoms with Gasteiger partial charge in [-0.05, 0) is 35.6 Å². The van der Waals surface area contributed by atoms with E-state index in [0.29, 0.717) is 12.3 Å². The summed E-state index contributed by atoms with van der Waals surface area (Å²) in [5, 5.41) is 0.733. The molecule has 72 valence electrons. The number of ketones is 1. The van der Waals surface area contributed by atoms with Crippen LogP contribution in [0.3, 0.4) is 0 Å². The van der Waals surface area contributed by atoms with Crippen LogP contribution in [0.5, 0.6) is 0 Å². The third kappa shape index (κ3) is 1.73. The minimum absolute atomic E-state index is 0.199. The first-order valence-electron chi connectivity index (χ1n) is 4.63. The molecule has 1 nitrogen and oxygen atoms in total. The standard InChI is InChI=1S/C12H11ClO/c1-8-6-10(7-12(8)14)9-2-4-11(13)5-3-9/h2-5,10H,1,6-7H2. The van der Waals surface area contributed by atoms with Crippen molar-refractivity contribution in [3.8, 4) is 0 Å². The first kappa shape index (κ1) is 9.47. The number of Topliss-reactive ketones (excluding diaryl/α,β-unsaturated/α-hetero) is 1. The van der Waals surface area contributed by atoms with Gasteiger partial charge in [0.2, 0.25) is 0 Å². The molecule has 0 saturated heterocycles. The van der Waals surface area contributed by atoms with E-state index in [9.17, 15) is 4.79 Å². The molecule has 1 aromatic carbocycles. The molecule has 0 aromatic heterocycles. The van der Waals surface area contributed by atoms with E-state index < -0.39 is 0 Å². The number of hydrogen-bond acceptors (Lipinski definition) is 1. The molecular weight excluding hydrogens is 196 g/mol. The zero-order chi connectivity index (χ0) is 10.1. The smallest absolute Gasteiger partial charge is 0.158 e. The van der Waals surface area contributed by atoms with E-state index in [1.165, 1.54) is 5.56 Å². The predicted molar refractivity (Wildman–Crippen MR) is 57.6 cm³/mol. The Morgan fingerprint density at radius 2 is 1.86 bits per heavy atom. The monoisotopic (exact) mass is 206 g/mol. The fourth-order valence-corrected chi connectivity index (χ4v) is 1.95. The summed E-state index contributed by atoms with van der Waals surface area (Å²) in [5.74, 6) is 0.511. The van der Waals surface area contributed by atoms with E-state index in [2.05, 4.69) is 6.58 Å². The zero-order valence-electron chi connectivity index (χ0n) is 7.79. The fraction of sp³-hybridized carbons (Fsp3) is 0.250. The lowest BCUT2D eigenvalue weighted by Crippen LogP contribution is -1.93. The van der Waals surface area contributed by atoms with Crippen LogP contribution in [0.15, 0.2) is 36.4 Å². The lowest BCUT2D eigenvalue weighted by atomic mass is 9.98. The van der Waals surface area contributed by atoms with Crippen LogP contribution in [0, 0.1) is 0 Å². The number of hydrogen-bond donors (Lipinski definition) is 0. The van der Waals surface area contributed by atoms with Crippen molar-refractivity contribution >= 4 is 17.4 Å². The van der Waals surface area contributed by atoms with E-state index in [4.69, 9.17) is 11.6 Å². The highest BCUT2D eigenvalue weighted by Crippen LogP contribution is 2.34. The van der Waals surface area contributed by atoms with Gasteiger partial charge in [0.25, 0.3) is 0 Å². The average Bonchev–Trinajstić information content (AvgIpc) is 2.48. The molecule has 0 amide bonds. The topological polar surface area (TPSA) is 17.1 Å². The van der Waals surface area contributed by atoms with Gasteiger partial charge in [0.15, 0.2) is 5.78 Å². The highest BCUT2D eigenvalue weighted by molar-refractivity contribution is 6.30. The maximum Gasteiger partial charge on any atom is 0.158 e. The molecule has 0 aliphatic heterocycles. The van der Waals surface area contributed by atoms with Crippen molar-refractivity contribution in [3.05, 3.63) is 47.0 Å². The summed E-state index contributed by atoms with van der Waals surface area (Å²) in [6, 6.07) is 7.70. The molecule has 0 bridgehead atoms. The van der Waals surface area contributed by atoms with Crippen LogP contribution in [0.1, 0.15) is 24.3 Å². The zero-order valence-corrected chi connectivity index (χ0v) is 8.55. The van der Waals surface area contributed by atoms with Gasteiger partial charge in [0, 0.05) is 11.4 Å². The summed E-state index contributed by atoms with van der Waals surface area (Å²) in [6.07, 6.45) is 1.39. The average molecular weight is 207 g/mol. The number of rotatable bonds is 1. The van der Waals surface area contributed by atoms with Crippen LogP contribution in [-0.4, -0.2) is 5.78 Å². The van der Waals surface area contributed by atoms with Crippen LogP contribution in [0.2, 0.25) is 5.02 Å². The number of halogens is 1. The lowest BCUT2D eigenvalue weighted by molar-refractivity contribution is -0.114. The normalized spacial score (nSPS) is 21.6. The summed E-state index contributed by atoms with van der Waals surface area (Å²) < 4.78 is 0. The van der Waals surface area contributed by atoms with Crippen molar-refractivity contribution in [1.29, 1.82) is 0 Å². The molecule has 0 spiro atoms. The van der Waals surface area contributed by atoms with Crippen molar-refractivity contribution in [2.45, 2.75) is 18.8 Å². The lowest BCUT2D eigenvalue weighted by Gasteiger charge is -2.07. The molecule has 1 aliphatic carbocycles. The van der Waals surface area contributed by atoms with Gasteiger partial charge in [0.1, 0.15) is 0 Å². The summed E-state index contributed by atoms with van der Waals surface area (Å²) in [5.41, 5.74) is 1.94. The largest absolute Gasteiger partial charge is 0.295 e. The van der Waals surface area contributed by atoms with Crippen molar-refractivity contribution < 1.29 is 4.79 Å². The van der Waals surface area contributed by atoms with Crippen LogP contribution in [-0.2, 0) is 4.79 Å². The molecule has 2 rings (SSSR count). The number of allylic oxidation sites excluding steroid dienone is 1. The third-order valence-corrected chi connectivity index (χ3v) is 2.91. The molecule has 1 saturated carbocycles.